The van der Waals surface area contributed by atoms with Crippen LogP contribution in [0.2, 0.25) is 5.02 Å². The minimum absolute atomic E-state index is 0.0581. The zero-order valence-electron chi connectivity index (χ0n) is 13.3. The van der Waals surface area contributed by atoms with Gasteiger partial charge in [-0.1, -0.05) is 11.6 Å². The van der Waals surface area contributed by atoms with Crippen molar-refractivity contribution in [2.75, 3.05) is 18.5 Å². The third kappa shape index (κ3) is 4.03. The maximum atomic E-state index is 13.8. The number of anilines is 1. The molecule has 4 nitrogen and oxygen atoms in total. The number of likely N-dealkylation sites (N-methyl/N-ethyl adjacent to an activating group) is 1. The predicted octanol–water partition coefficient (Wildman–Crippen LogP) is 2.70. The van der Waals surface area contributed by atoms with Crippen LogP contribution in [0.5, 0.6) is 0 Å². The summed E-state index contributed by atoms with van der Waals surface area (Å²) in [6, 6.07) is 1.04. The van der Waals surface area contributed by atoms with Gasteiger partial charge in [-0.25, -0.2) is 13.6 Å². The highest BCUT2D eigenvalue weighted by Crippen LogP contribution is 2.25. The van der Waals surface area contributed by atoms with Gasteiger partial charge >= 0.3 is 5.97 Å². The maximum Gasteiger partial charge on any atom is 0.330 e. The Labute approximate surface area is 123 Å². The summed E-state index contributed by atoms with van der Waals surface area (Å²) in [5, 5.41) is -0.558. The van der Waals surface area contributed by atoms with Crippen molar-refractivity contribution in [2.24, 2.45) is 0 Å². The number of benzene rings is 1. The van der Waals surface area contributed by atoms with Gasteiger partial charge < -0.3 is 9.64 Å². The zero-order valence-corrected chi connectivity index (χ0v) is 11.1. The monoisotopic (exact) mass is 306 g/mol. The molecule has 0 aliphatic carbocycles. The molecule has 0 atom stereocenters. The zero-order chi connectivity index (χ0) is 17.8. The average molecular weight is 307 g/mol. The number of halogens is 3. The summed E-state index contributed by atoms with van der Waals surface area (Å²) < 4.78 is 53.5. The minimum Gasteiger partial charge on any atom is -0.463 e. The second-order valence-corrected chi connectivity index (χ2v) is 3.88. The number of rotatable bonds is 4. The Morgan fingerprint density at radius 3 is 2.70 bits per heavy atom. The van der Waals surface area contributed by atoms with Gasteiger partial charge in [0.15, 0.2) is 0 Å². The predicted molar refractivity (Wildman–Crippen MR) is 70.6 cm³/mol. The average Bonchev–Trinajstić information content (AvgIpc) is 2.41. The van der Waals surface area contributed by atoms with Gasteiger partial charge in [-0.15, -0.1) is 0 Å². The Morgan fingerprint density at radius 1 is 1.40 bits per heavy atom. The molecule has 1 aromatic carbocycles. The molecule has 1 amide bonds. The number of carbonyl (C=O) groups is 2. The highest BCUT2D eigenvalue weighted by atomic mass is 35.5. The Bertz CT molecular complexity index is 650. The number of hydrogen-bond acceptors (Lipinski definition) is 3. The smallest absolute Gasteiger partial charge is 0.330 e. The van der Waals surface area contributed by atoms with E-state index in [1.54, 1.807) is 0 Å². The first-order valence-electron chi connectivity index (χ1n) is 6.91. The van der Waals surface area contributed by atoms with Crippen molar-refractivity contribution in [1.82, 2.24) is 0 Å². The summed E-state index contributed by atoms with van der Waals surface area (Å²) in [7, 11) is 0. The maximum absolute atomic E-state index is 13.8. The molecule has 0 radical (unpaired) electrons. The number of carbonyl (C=O) groups excluding carboxylic acids is 2. The van der Waals surface area contributed by atoms with Gasteiger partial charge in [0.25, 0.3) is 5.91 Å². The summed E-state index contributed by atoms with van der Waals surface area (Å²) in [5.41, 5.74) is -0.741. The highest BCUT2D eigenvalue weighted by Gasteiger charge is 2.16. The van der Waals surface area contributed by atoms with Crippen molar-refractivity contribution < 1.29 is 27.2 Å². The van der Waals surface area contributed by atoms with E-state index in [4.69, 9.17) is 15.7 Å². The summed E-state index contributed by atoms with van der Waals surface area (Å²) in [4.78, 5) is 23.3. The first-order valence-corrected chi connectivity index (χ1v) is 5.79. The van der Waals surface area contributed by atoms with Gasteiger partial charge in [0, 0.05) is 29.3 Å². The molecule has 0 spiro atoms. The number of esters is 1. The summed E-state index contributed by atoms with van der Waals surface area (Å²) in [6.07, 6.45) is 1.31. The van der Waals surface area contributed by atoms with E-state index in [0.717, 1.165) is 0 Å². The molecule has 0 saturated carbocycles. The molecule has 7 heteroatoms. The Hall–Kier alpha value is -1.95. The van der Waals surface area contributed by atoms with Crippen LogP contribution in [0.15, 0.2) is 24.3 Å². The molecule has 0 saturated heterocycles. The van der Waals surface area contributed by atoms with E-state index in [1.807, 2.05) is 0 Å². The van der Waals surface area contributed by atoms with Crippen LogP contribution in [-0.4, -0.2) is 25.5 Å². The van der Waals surface area contributed by atoms with Crippen molar-refractivity contribution in [2.45, 2.75) is 6.92 Å². The van der Waals surface area contributed by atoms with E-state index in [9.17, 15) is 18.4 Å². The molecule has 0 aliphatic rings. The lowest BCUT2D eigenvalue weighted by molar-refractivity contribution is -0.137. The summed E-state index contributed by atoms with van der Waals surface area (Å²) in [6.45, 7) is -1.49. The number of hydrogen-bond donors (Lipinski definition) is 0. The molecule has 0 aliphatic heterocycles. The molecular weight excluding hydrogens is 292 g/mol. The molecule has 0 N–H and O–H groups in total. The lowest BCUT2D eigenvalue weighted by Gasteiger charge is -2.16. The van der Waals surface area contributed by atoms with Crippen LogP contribution in [0.25, 0.3) is 0 Å². The molecule has 0 heterocycles. The summed E-state index contributed by atoms with van der Waals surface area (Å²) in [5.74, 6) is -4.49. The van der Waals surface area contributed by atoms with Crippen LogP contribution < -0.4 is 4.90 Å². The topological polar surface area (TPSA) is 46.6 Å². The molecular formula is C13H12ClF2NO3. The van der Waals surface area contributed by atoms with E-state index in [0.29, 0.717) is 24.3 Å². The van der Waals surface area contributed by atoms with Gasteiger partial charge in [-0.05, 0) is 13.0 Å². The van der Waals surface area contributed by atoms with Crippen molar-refractivity contribution in [1.29, 1.82) is 0 Å². The van der Waals surface area contributed by atoms with Crippen LogP contribution in [0.1, 0.15) is 11.0 Å². The number of nitrogens with zero attached hydrogens (tertiary/aromatic N) is 1. The normalized spacial score (nSPS) is 13.5. The van der Waals surface area contributed by atoms with Gasteiger partial charge in [0.2, 0.25) is 0 Å². The fourth-order valence-corrected chi connectivity index (χ4v) is 1.36. The van der Waals surface area contributed by atoms with Crippen LogP contribution in [0.4, 0.5) is 14.5 Å². The third-order valence-corrected chi connectivity index (χ3v) is 2.39. The Kier molecular flexibility index (Phi) is 4.14. The second kappa shape index (κ2) is 7.00. The third-order valence-electron chi connectivity index (χ3n) is 2.10. The van der Waals surface area contributed by atoms with Gasteiger partial charge in [-0.2, -0.15) is 0 Å². The van der Waals surface area contributed by atoms with Crippen molar-refractivity contribution in [3.63, 3.8) is 0 Å². The largest absolute Gasteiger partial charge is 0.463 e. The number of ether oxygens (including phenoxy) is 1. The first kappa shape index (κ1) is 11.8. The van der Waals surface area contributed by atoms with Crippen molar-refractivity contribution in [3.05, 3.63) is 40.9 Å². The lowest BCUT2D eigenvalue weighted by atomic mass is 10.2. The molecule has 0 bridgehead atoms. The quantitative estimate of drug-likeness (QED) is 0.488. The molecule has 1 rings (SSSR count). The second-order valence-electron chi connectivity index (χ2n) is 3.48. The van der Waals surface area contributed by atoms with E-state index >= 15 is 0 Å². The Balaban J connectivity index is 3.24. The van der Waals surface area contributed by atoms with Crippen LogP contribution in [0.3, 0.4) is 0 Å². The van der Waals surface area contributed by atoms with E-state index in [2.05, 4.69) is 4.74 Å². The Morgan fingerprint density at radius 2 is 2.10 bits per heavy atom. The van der Waals surface area contributed by atoms with Crippen molar-refractivity contribution >= 4 is 29.2 Å². The van der Waals surface area contributed by atoms with Gasteiger partial charge in [0.05, 0.1) is 17.3 Å². The molecule has 0 aromatic heterocycles. The molecule has 0 fully saturated rings. The van der Waals surface area contributed by atoms with E-state index in [-0.39, 0.29) is 11.5 Å². The number of amides is 1. The van der Waals surface area contributed by atoms with Crippen LogP contribution in [-0.2, 0) is 14.3 Å². The van der Waals surface area contributed by atoms with Crippen molar-refractivity contribution in [3.8, 4) is 0 Å². The lowest BCUT2D eigenvalue weighted by Crippen LogP contribution is -2.25. The standard InChI is InChI=1S/C13H12ClF2NO3/c1-3-20-13(19)5-4-12(18)17(2)11-6-8(14)9(15)7-10(11)16/h4-7H,3H2,1-2H3/b5-4+/i2D3. The molecule has 0 unspecified atom stereocenters. The van der Waals surface area contributed by atoms with Crippen LogP contribution in [0, 0.1) is 11.6 Å². The summed E-state index contributed by atoms with van der Waals surface area (Å²) >= 11 is 5.50. The van der Waals surface area contributed by atoms with E-state index in [1.165, 1.54) is 6.92 Å². The fourth-order valence-electron chi connectivity index (χ4n) is 1.21. The van der Waals surface area contributed by atoms with E-state index < -0.39 is 41.2 Å². The van der Waals surface area contributed by atoms with Crippen LogP contribution >= 0.6 is 11.6 Å². The van der Waals surface area contributed by atoms with Gasteiger partial charge in [-0.3, -0.25) is 4.79 Å². The SMILES string of the molecule is [2H]C([2H])([2H])N(C(=O)/C=C/C(=O)OCC)c1cc(Cl)c(F)cc1F. The first-order chi connectivity index (χ1) is 10.6. The molecule has 1 aromatic rings. The molecule has 108 valence electrons. The minimum atomic E-state index is -3.09. The highest BCUT2D eigenvalue weighted by molar-refractivity contribution is 6.31. The van der Waals surface area contributed by atoms with Gasteiger partial charge in [0.1, 0.15) is 11.6 Å². The fraction of sp³-hybridized carbons (Fsp3) is 0.231. The molecule has 20 heavy (non-hydrogen) atoms.